The summed E-state index contributed by atoms with van der Waals surface area (Å²) in [5.41, 5.74) is 0.498. The number of ether oxygens (including phenoxy) is 2. The van der Waals surface area contributed by atoms with Crippen molar-refractivity contribution in [3.8, 4) is 0 Å². The molecule has 0 spiro atoms. The lowest BCUT2D eigenvalue weighted by Crippen LogP contribution is -2.07. The molecule has 0 saturated heterocycles. The lowest BCUT2D eigenvalue weighted by Gasteiger charge is -2.04. The highest BCUT2D eigenvalue weighted by Crippen LogP contribution is 2.27. The van der Waals surface area contributed by atoms with Crippen LogP contribution < -0.4 is 0 Å². The Morgan fingerprint density at radius 2 is 2.00 bits per heavy atom. The fourth-order valence-electron chi connectivity index (χ4n) is 1.34. The molecule has 0 N–H and O–H groups in total. The molecule has 0 heterocycles. The SMILES string of the molecule is COC(=O)C1=C(OC(C)=O)CCC1. The summed E-state index contributed by atoms with van der Waals surface area (Å²) in [7, 11) is 1.32. The van der Waals surface area contributed by atoms with Crippen LogP contribution in [-0.2, 0) is 19.1 Å². The second-order valence-corrected chi connectivity index (χ2v) is 2.84. The maximum atomic E-state index is 11.1. The van der Waals surface area contributed by atoms with Gasteiger partial charge in [0.15, 0.2) is 0 Å². The Morgan fingerprint density at radius 3 is 2.54 bits per heavy atom. The molecule has 0 amide bonds. The smallest absolute Gasteiger partial charge is 0.337 e. The molecule has 1 rings (SSSR count). The van der Waals surface area contributed by atoms with Crippen LogP contribution in [0, 0.1) is 0 Å². The predicted octanol–water partition coefficient (Wildman–Crippen LogP) is 1.16. The van der Waals surface area contributed by atoms with Gasteiger partial charge in [-0.1, -0.05) is 0 Å². The molecule has 4 nitrogen and oxygen atoms in total. The van der Waals surface area contributed by atoms with Crippen molar-refractivity contribution in [3.05, 3.63) is 11.3 Å². The van der Waals surface area contributed by atoms with Crippen LogP contribution >= 0.6 is 0 Å². The Labute approximate surface area is 76.5 Å². The normalized spacial score (nSPS) is 15.8. The Balaban J connectivity index is 2.76. The van der Waals surface area contributed by atoms with E-state index in [0.29, 0.717) is 24.2 Å². The largest absolute Gasteiger partial charge is 0.466 e. The quantitative estimate of drug-likeness (QED) is 0.604. The first-order valence-electron chi connectivity index (χ1n) is 4.14. The number of rotatable bonds is 2. The average Bonchev–Trinajstić information content (AvgIpc) is 2.50. The van der Waals surface area contributed by atoms with Gasteiger partial charge in [0.05, 0.1) is 12.7 Å². The van der Waals surface area contributed by atoms with Crippen LogP contribution in [0.25, 0.3) is 0 Å². The van der Waals surface area contributed by atoms with Crippen molar-refractivity contribution in [2.45, 2.75) is 26.2 Å². The molecule has 0 aliphatic heterocycles. The minimum atomic E-state index is -0.395. The van der Waals surface area contributed by atoms with Crippen LogP contribution in [0.5, 0.6) is 0 Å². The molecule has 0 aromatic carbocycles. The second kappa shape index (κ2) is 4.07. The number of carbonyl (C=O) groups is 2. The van der Waals surface area contributed by atoms with Crippen molar-refractivity contribution in [1.29, 1.82) is 0 Å². The topological polar surface area (TPSA) is 52.6 Å². The fraction of sp³-hybridized carbons (Fsp3) is 0.556. The lowest BCUT2D eigenvalue weighted by molar-refractivity contribution is -0.138. The molecule has 0 fully saturated rings. The first kappa shape index (κ1) is 9.77. The Kier molecular flexibility index (Phi) is 3.06. The van der Waals surface area contributed by atoms with E-state index in [0.717, 1.165) is 6.42 Å². The van der Waals surface area contributed by atoms with Crippen molar-refractivity contribution >= 4 is 11.9 Å². The summed E-state index contributed by atoms with van der Waals surface area (Å²) in [4.78, 5) is 21.8. The molecule has 1 aliphatic rings. The van der Waals surface area contributed by atoms with Gasteiger partial charge in [0, 0.05) is 13.3 Å². The maximum Gasteiger partial charge on any atom is 0.337 e. The minimum Gasteiger partial charge on any atom is -0.466 e. The van der Waals surface area contributed by atoms with Gasteiger partial charge in [-0.25, -0.2) is 4.79 Å². The van der Waals surface area contributed by atoms with Gasteiger partial charge >= 0.3 is 11.9 Å². The summed E-state index contributed by atoms with van der Waals surface area (Å²) < 4.78 is 9.44. The Morgan fingerprint density at radius 1 is 1.31 bits per heavy atom. The number of carbonyl (C=O) groups excluding carboxylic acids is 2. The highest BCUT2D eigenvalue weighted by molar-refractivity contribution is 5.90. The zero-order chi connectivity index (χ0) is 9.84. The molecule has 0 unspecified atom stereocenters. The number of allylic oxidation sites excluding steroid dienone is 1. The number of methoxy groups -OCH3 is 1. The van der Waals surface area contributed by atoms with Gasteiger partial charge in [-0.2, -0.15) is 0 Å². The molecule has 0 aromatic heterocycles. The van der Waals surface area contributed by atoms with E-state index in [1.54, 1.807) is 0 Å². The summed E-state index contributed by atoms with van der Waals surface area (Å²) in [5.74, 6) is -0.314. The van der Waals surface area contributed by atoms with Gasteiger partial charge in [0.2, 0.25) is 0 Å². The summed E-state index contributed by atoms with van der Waals surface area (Å²) in [6.45, 7) is 1.32. The number of esters is 2. The average molecular weight is 184 g/mol. The maximum absolute atomic E-state index is 11.1. The zero-order valence-electron chi connectivity index (χ0n) is 7.75. The second-order valence-electron chi connectivity index (χ2n) is 2.84. The molecule has 4 heteroatoms. The van der Waals surface area contributed by atoms with E-state index >= 15 is 0 Å². The third-order valence-corrected chi connectivity index (χ3v) is 1.87. The van der Waals surface area contributed by atoms with Crippen LogP contribution in [0.15, 0.2) is 11.3 Å². The highest BCUT2D eigenvalue weighted by Gasteiger charge is 2.23. The van der Waals surface area contributed by atoms with E-state index in [9.17, 15) is 9.59 Å². The number of hydrogen-bond donors (Lipinski definition) is 0. The van der Waals surface area contributed by atoms with Crippen molar-refractivity contribution in [2.75, 3.05) is 7.11 Å². The molecule has 0 saturated carbocycles. The van der Waals surface area contributed by atoms with E-state index in [1.165, 1.54) is 14.0 Å². The van der Waals surface area contributed by atoms with Gasteiger partial charge in [-0.3, -0.25) is 4.79 Å². The molecular formula is C9H12O4. The van der Waals surface area contributed by atoms with Crippen LogP contribution in [0.3, 0.4) is 0 Å². The summed E-state index contributed by atoms with van der Waals surface area (Å²) in [6.07, 6.45) is 2.12. The third-order valence-electron chi connectivity index (χ3n) is 1.87. The van der Waals surface area contributed by atoms with Crippen LogP contribution in [0.2, 0.25) is 0 Å². The van der Waals surface area contributed by atoms with Crippen molar-refractivity contribution in [1.82, 2.24) is 0 Å². The van der Waals surface area contributed by atoms with Crippen LogP contribution in [0.4, 0.5) is 0 Å². The molecule has 0 bridgehead atoms. The lowest BCUT2D eigenvalue weighted by atomic mass is 10.2. The van der Waals surface area contributed by atoms with E-state index in [-0.39, 0.29) is 0 Å². The summed E-state index contributed by atoms with van der Waals surface area (Å²) in [5, 5.41) is 0. The van der Waals surface area contributed by atoms with Gasteiger partial charge in [0.25, 0.3) is 0 Å². The first-order chi connectivity index (χ1) is 6.15. The van der Waals surface area contributed by atoms with Gasteiger partial charge in [-0.15, -0.1) is 0 Å². The predicted molar refractivity (Wildman–Crippen MR) is 44.7 cm³/mol. The van der Waals surface area contributed by atoms with Gasteiger partial charge in [0.1, 0.15) is 5.76 Å². The van der Waals surface area contributed by atoms with Crippen molar-refractivity contribution < 1.29 is 19.1 Å². The Bertz CT molecular complexity index is 265. The van der Waals surface area contributed by atoms with Gasteiger partial charge < -0.3 is 9.47 Å². The molecule has 0 radical (unpaired) electrons. The summed E-state index contributed by atoms with van der Waals surface area (Å²) in [6, 6.07) is 0. The van der Waals surface area contributed by atoms with E-state index in [4.69, 9.17) is 4.74 Å². The summed E-state index contributed by atoms with van der Waals surface area (Å²) >= 11 is 0. The number of hydrogen-bond acceptors (Lipinski definition) is 4. The first-order valence-corrected chi connectivity index (χ1v) is 4.14. The third kappa shape index (κ3) is 2.31. The highest BCUT2D eigenvalue weighted by atomic mass is 16.5. The Hall–Kier alpha value is -1.32. The minimum absolute atomic E-state index is 0.390. The molecule has 0 atom stereocenters. The standard InChI is InChI=1S/C9H12O4/c1-6(10)13-8-5-3-4-7(8)9(11)12-2/h3-5H2,1-2H3. The molecule has 0 aromatic rings. The van der Waals surface area contributed by atoms with Crippen LogP contribution in [-0.4, -0.2) is 19.0 Å². The van der Waals surface area contributed by atoms with Crippen LogP contribution in [0.1, 0.15) is 26.2 Å². The monoisotopic (exact) mass is 184 g/mol. The van der Waals surface area contributed by atoms with Gasteiger partial charge in [-0.05, 0) is 12.8 Å². The van der Waals surface area contributed by atoms with E-state index < -0.39 is 11.9 Å². The molecule has 72 valence electrons. The molecular weight excluding hydrogens is 172 g/mol. The molecule has 1 aliphatic carbocycles. The van der Waals surface area contributed by atoms with Crippen molar-refractivity contribution in [3.63, 3.8) is 0 Å². The fourth-order valence-corrected chi connectivity index (χ4v) is 1.34. The van der Waals surface area contributed by atoms with Crippen molar-refractivity contribution in [2.24, 2.45) is 0 Å². The molecule has 13 heavy (non-hydrogen) atoms. The van der Waals surface area contributed by atoms with E-state index in [1.807, 2.05) is 0 Å². The zero-order valence-corrected chi connectivity index (χ0v) is 7.75. The van der Waals surface area contributed by atoms with E-state index in [2.05, 4.69) is 4.74 Å².